The predicted molar refractivity (Wildman–Crippen MR) is 68.2 cm³/mol. The number of hydrogen-bond donors (Lipinski definition) is 0. The zero-order chi connectivity index (χ0) is 11.8. The van der Waals surface area contributed by atoms with Gasteiger partial charge in [0.1, 0.15) is 0 Å². The van der Waals surface area contributed by atoms with Crippen molar-refractivity contribution < 1.29 is 0 Å². The van der Waals surface area contributed by atoms with Crippen LogP contribution in [-0.2, 0) is 0 Å². The Hall–Kier alpha value is -1.87. The number of aromatic nitrogens is 3. The maximum atomic E-state index is 6.18. The minimum Gasteiger partial charge on any atom is -0.305 e. The number of rotatable bonds is 1. The van der Waals surface area contributed by atoms with E-state index in [1.807, 2.05) is 48.1 Å². The van der Waals surface area contributed by atoms with Gasteiger partial charge in [0.25, 0.3) is 0 Å². The first-order valence-electron chi connectivity index (χ1n) is 5.29. The van der Waals surface area contributed by atoms with E-state index in [9.17, 15) is 0 Å². The van der Waals surface area contributed by atoms with Crippen LogP contribution in [0.1, 0.15) is 5.69 Å². The summed E-state index contributed by atoms with van der Waals surface area (Å²) < 4.78 is 1.91. The molecule has 0 aliphatic heterocycles. The Morgan fingerprint density at radius 3 is 2.82 bits per heavy atom. The molecule has 3 aromatic rings. The van der Waals surface area contributed by atoms with E-state index in [2.05, 4.69) is 9.97 Å². The topological polar surface area (TPSA) is 30.2 Å². The molecule has 0 atom stereocenters. The number of pyridine rings is 2. The SMILES string of the molecule is Cc1ccc(-c2cc(Cl)c3nccn3c2)cn1. The van der Waals surface area contributed by atoms with Gasteiger partial charge in [0.05, 0.1) is 5.02 Å². The van der Waals surface area contributed by atoms with Crippen LogP contribution in [0, 0.1) is 6.92 Å². The number of imidazole rings is 1. The molecule has 3 heterocycles. The summed E-state index contributed by atoms with van der Waals surface area (Å²) >= 11 is 6.18. The molecule has 0 N–H and O–H groups in total. The van der Waals surface area contributed by atoms with Crippen LogP contribution in [0.5, 0.6) is 0 Å². The average molecular weight is 244 g/mol. The fourth-order valence-corrected chi connectivity index (χ4v) is 2.05. The van der Waals surface area contributed by atoms with E-state index >= 15 is 0 Å². The molecule has 4 heteroatoms. The van der Waals surface area contributed by atoms with Crippen LogP contribution in [0.25, 0.3) is 16.8 Å². The van der Waals surface area contributed by atoms with E-state index in [1.165, 1.54) is 0 Å². The van der Waals surface area contributed by atoms with Crippen molar-refractivity contribution in [3.63, 3.8) is 0 Å². The highest BCUT2D eigenvalue weighted by atomic mass is 35.5. The molecule has 0 amide bonds. The van der Waals surface area contributed by atoms with Gasteiger partial charge in [0.15, 0.2) is 5.65 Å². The molecule has 0 saturated carbocycles. The first-order chi connectivity index (χ1) is 8.24. The van der Waals surface area contributed by atoms with Crippen molar-refractivity contribution in [2.24, 2.45) is 0 Å². The van der Waals surface area contributed by atoms with Gasteiger partial charge >= 0.3 is 0 Å². The molecule has 84 valence electrons. The third-order valence-electron chi connectivity index (χ3n) is 2.69. The van der Waals surface area contributed by atoms with Crippen molar-refractivity contribution in [3.8, 4) is 11.1 Å². The van der Waals surface area contributed by atoms with Crippen molar-refractivity contribution in [3.05, 3.63) is 53.7 Å². The highest BCUT2D eigenvalue weighted by molar-refractivity contribution is 6.33. The summed E-state index contributed by atoms with van der Waals surface area (Å²) in [5.74, 6) is 0. The maximum Gasteiger partial charge on any atom is 0.155 e. The summed E-state index contributed by atoms with van der Waals surface area (Å²) in [5.41, 5.74) is 3.86. The molecule has 0 aromatic carbocycles. The zero-order valence-corrected chi connectivity index (χ0v) is 10.0. The normalized spacial score (nSPS) is 10.9. The van der Waals surface area contributed by atoms with E-state index < -0.39 is 0 Å². The molecule has 3 aromatic heterocycles. The second kappa shape index (κ2) is 3.86. The Morgan fingerprint density at radius 1 is 1.18 bits per heavy atom. The Labute approximate surface area is 104 Å². The lowest BCUT2D eigenvalue weighted by atomic mass is 10.1. The maximum absolute atomic E-state index is 6.18. The summed E-state index contributed by atoms with van der Waals surface area (Å²) in [6.07, 6.45) is 7.47. The summed E-state index contributed by atoms with van der Waals surface area (Å²) in [6.45, 7) is 1.97. The summed E-state index contributed by atoms with van der Waals surface area (Å²) in [4.78, 5) is 8.47. The van der Waals surface area contributed by atoms with Gasteiger partial charge in [-0.15, -0.1) is 0 Å². The monoisotopic (exact) mass is 243 g/mol. The molecular formula is C13H10ClN3. The second-order valence-corrected chi connectivity index (χ2v) is 4.33. The number of hydrogen-bond acceptors (Lipinski definition) is 2. The second-order valence-electron chi connectivity index (χ2n) is 3.92. The smallest absolute Gasteiger partial charge is 0.155 e. The van der Waals surface area contributed by atoms with Gasteiger partial charge in [-0.2, -0.15) is 0 Å². The van der Waals surface area contributed by atoms with Crippen molar-refractivity contribution in [1.82, 2.24) is 14.4 Å². The number of nitrogens with zero attached hydrogens (tertiary/aromatic N) is 3. The van der Waals surface area contributed by atoms with Gasteiger partial charge < -0.3 is 4.40 Å². The average Bonchev–Trinajstić information content (AvgIpc) is 2.78. The standard InChI is InChI=1S/C13H10ClN3/c1-9-2-3-10(7-16-9)11-6-12(14)13-15-4-5-17(13)8-11/h2-8H,1H3. The van der Waals surface area contributed by atoms with Crippen LogP contribution in [0.3, 0.4) is 0 Å². The van der Waals surface area contributed by atoms with Crippen LogP contribution in [0.15, 0.2) is 43.0 Å². The van der Waals surface area contributed by atoms with Crippen LogP contribution in [0.2, 0.25) is 5.02 Å². The van der Waals surface area contributed by atoms with Crippen molar-refractivity contribution in [2.45, 2.75) is 6.92 Å². The number of halogens is 1. The Balaban J connectivity index is 2.20. The molecular weight excluding hydrogens is 234 g/mol. The molecule has 0 radical (unpaired) electrons. The molecule has 3 nitrogen and oxygen atoms in total. The third kappa shape index (κ3) is 1.78. The number of fused-ring (bicyclic) bond motifs is 1. The van der Waals surface area contributed by atoms with Crippen LogP contribution >= 0.6 is 11.6 Å². The molecule has 0 aliphatic rings. The van der Waals surface area contributed by atoms with Crippen LogP contribution in [-0.4, -0.2) is 14.4 Å². The molecule has 17 heavy (non-hydrogen) atoms. The fourth-order valence-electron chi connectivity index (χ4n) is 1.79. The Morgan fingerprint density at radius 2 is 2.06 bits per heavy atom. The van der Waals surface area contributed by atoms with Gasteiger partial charge in [0, 0.05) is 41.6 Å². The Bertz CT molecular complexity index is 671. The van der Waals surface area contributed by atoms with Crippen LogP contribution < -0.4 is 0 Å². The summed E-state index contributed by atoms with van der Waals surface area (Å²) in [7, 11) is 0. The van der Waals surface area contributed by atoms with E-state index in [1.54, 1.807) is 6.20 Å². The molecule has 0 saturated heterocycles. The van der Waals surface area contributed by atoms with Crippen molar-refractivity contribution >= 4 is 17.2 Å². The quantitative estimate of drug-likeness (QED) is 0.656. The highest BCUT2D eigenvalue weighted by Crippen LogP contribution is 2.25. The molecule has 0 aliphatic carbocycles. The highest BCUT2D eigenvalue weighted by Gasteiger charge is 2.05. The van der Waals surface area contributed by atoms with Gasteiger partial charge in [-0.05, 0) is 19.1 Å². The number of aryl methyl sites for hydroxylation is 1. The molecule has 3 rings (SSSR count). The first kappa shape index (κ1) is 10.3. The Kier molecular flexibility index (Phi) is 2.34. The lowest BCUT2D eigenvalue weighted by Crippen LogP contribution is -1.88. The first-order valence-corrected chi connectivity index (χ1v) is 5.67. The van der Waals surface area contributed by atoms with Gasteiger partial charge in [-0.1, -0.05) is 17.7 Å². The van der Waals surface area contributed by atoms with E-state index in [-0.39, 0.29) is 0 Å². The van der Waals surface area contributed by atoms with E-state index in [4.69, 9.17) is 11.6 Å². The largest absolute Gasteiger partial charge is 0.305 e. The van der Waals surface area contributed by atoms with E-state index in [0.717, 1.165) is 22.5 Å². The summed E-state index contributed by atoms with van der Waals surface area (Å²) in [5, 5.41) is 0.646. The molecule has 0 bridgehead atoms. The van der Waals surface area contributed by atoms with Crippen molar-refractivity contribution in [2.75, 3.05) is 0 Å². The molecule has 0 unspecified atom stereocenters. The van der Waals surface area contributed by atoms with Gasteiger partial charge in [-0.25, -0.2) is 4.98 Å². The zero-order valence-electron chi connectivity index (χ0n) is 9.26. The lowest BCUT2D eigenvalue weighted by Gasteiger charge is -2.04. The van der Waals surface area contributed by atoms with Crippen LogP contribution in [0.4, 0.5) is 0 Å². The van der Waals surface area contributed by atoms with Crippen molar-refractivity contribution in [1.29, 1.82) is 0 Å². The molecule has 0 spiro atoms. The lowest BCUT2D eigenvalue weighted by molar-refractivity contribution is 1.17. The minimum absolute atomic E-state index is 0.646. The van der Waals surface area contributed by atoms with Gasteiger partial charge in [0.2, 0.25) is 0 Å². The predicted octanol–water partition coefficient (Wildman–Crippen LogP) is 3.36. The van der Waals surface area contributed by atoms with E-state index in [0.29, 0.717) is 5.02 Å². The summed E-state index contributed by atoms with van der Waals surface area (Å²) in [6, 6.07) is 5.94. The molecule has 0 fully saturated rings. The third-order valence-corrected chi connectivity index (χ3v) is 2.97. The minimum atomic E-state index is 0.646. The van der Waals surface area contributed by atoms with Gasteiger partial charge in [-0.3, -0.25) is 4.98 Å². The fraction of sp³-hybridized carbons (Fsp3) is 0.0769.